The Morgan fingerprint density at radius 1 is 1.03 bits per heavy atom. The van der Waals surface area contributed by atoms with Crippen molar-refractivity contribution in [1.29, 1.82) is 0 Å². The molecule has 2 aromatic carbocycles. The van der Waals surface area contributed by atoms with Gasteiger partial charge in [-0.2, -0.15) is 5.10 Å². The van der Waals surface area contributed by atoms with Crippen LogP contribution in [-0.2, 0) is 16.6 Å². The topological polar surface area (TPSA) is 121 Å². The highest BCUT2D eigenvalue weighted by Crippen LogP contribution is 2.34. The number of aryl methyl sites for hydroxylation is 1. The standard InChI is InChI=1S/C27H23N5O5S/c1-18-6-4-7-19(14-18)8-9-20-10-11-22(35-2)24(15-20)38(33,34)31-26-25-23(37-30-26)16-21(29-27(25)36-3)17-32-13-5-12-28-32/h4-7,10-16H,17H2,1-3H3,(H,30,31). The summed E-state index contributed by atoms with van der Waals surface area (Å²) < 4.78 is 47.3. The van der Waals surface area contributed by atoms with E-state index in [-0.39, 0.29) is 27.7 Å². The first-order valence-electron chi connectivity index (χ1n) is 11.5. The van der Waals surface area contributed by atoms with Crippen LogP contribution in [0.3, 0.4) is 0 Å². The highest BCUT2D eigenvalue weighted by Gasteiger charge is 2.25. The van der Waals surface area contributed by atoms with Gasteiger partial charge < -0.3 is 14.0 Å². The van der Waals surface area contributed by atoms with Gasteiger partial charge >= 0.3 is 0 Å². The summed E-state index contributed by atoms with van der Waals surface area (Å²) in [6.07, 6.45) is 3.46. The van der Waals surface area contributed by atoms with E-state index >= 15 is 0 Å². The van der Waals surface area contributed by atoms with Crippen molar-refractivity contribution < 1.29 is 22.4 Å². The Labute approximate surface area is 219 Å². The second kappa shape index (κ2) is 10.3. The summed E-state index contributed by atoms with van der Waals surface area (Å²) in [5, 5.41) is 8.39. The second-order valence-electron chi connectivity index (χ2n) is 8.32. The van der Waals surface area contributed by atoms with Crippen molar-refractivity contribution in [1.82, 2.24) is 19.9 Å². The van der Waals surface area contributed by atoms with Crippen LogP contribution in [0.25, 0.3) is 11.0 Å². The van der Waals surface area contributed by atoms with Gasteiger partial charge in [0.2, 0.25) is 5.88 Å². The number of hydrogen-bond donors (Lipinski definition) is 1. The number of hydrogen-bond acceptors (Lipinski definition) is 8. The summed E-state index contributed by atoms with van der Waals surface area (Å²) in [5.74, 6) is 6.32. The minimum Gasteiger partial charge on any atom is -0.495 e. The number of ether oxygens (including phenoxy) is 2. The van der Waals surface area contributed by atoms with Crippen LogP contribution >= 0.6 is 0 Å². The fraction of sp³-hybridized carbons (Fsp3) is 0.148. The van der Waals surface area contributed by atoms with Crippen molar-refractivity contribution in [2.24, 2.45) is 0 Å². The van der Waals surface area contributed by atoms with E-state index in [0.29, 0.717) is 23.4 Å². The van der Waals surface area contributed by atoms with Crippen LogP contribution < -0.4 is 14.2 Å². The Hall–Kier alpha value is -4.82. The molecular weight excluding hydrogens is 506 g/mol. The van der Waals surface area contributed by atoms with E-state index < -0.39 is 10.0 Å². The summed E-state index contributed by atoms with van der Waals surface area (Å²) in [7, 11) is -1.34. The molecule has 0 atom stereocenters. The lowest BCUT2D eigenvalue weighted by Gasteiger charge is -2.11. The molecule has 5 aromatic rings. The van der Waals surface area contributed by atoms with Gasteiger partial charge in [-0.1, -0.05) is 29.1 Å². The van der Waals surface area contributed by atoms with Crippen molar-refractivity contribution in [2.75, 3.05) is 18.9 Å². The fourth-order valence-corrected chi connectivity index (χ4v) is 5.05. The molecular formula is C27H23N5O5S. The molecule has 5 rings (SSSR count). The van der Waals surface area contributed by atoms with Crippen LogP contribution in [0.15, 0.2) is 76.4 Å². The van der Waals surface area contributed by atoms with E-state index in [2.05, 4.69) is 31.8 Å². The third kappa shape index (κ3) is 5.16. The Balaban J connectivity index is 1.49. The van der Waals surface area contributed by atoms with E-state index in [4.69, 9.17) is 14.0 Å². The zero-order valence-electron chi connectivity index (χ0n) is 20.8. The number of nitrogens with zero attached hydrogens (tertiary/aromatic N) is 4. The average molecular weight is 530 g/mol. The van der Waals surface area contributed by atoms with Crippen LogP contribution in [0.4, 0.5) is 5.82 Å². The third-order valence-electron chi connectivity index (χ3n) is 5.61. The first kappa shape index (κ1) is 24.9. The van der Waals surface area contributed by atoms with Gasteiger partial charge in [0.05, 0.1) is 26.5 Å². The van der Waals surface area contributed by atoms with Gasteiger partial charge in [-0.05, 0) is 48.9 Å². The molecule has 0 aliphatic rings. The number of sulfonamides is 1. The zero-order valence-corrected chi connectivity index (χ0v) is 21.6. The molecule has 0 spiro atoms. The van der Waals surface area contributed by atoms with E-state index in [1.54, 1.807) is 41.3 Å². The fourth-order valence-electron chi connectivity index (χ4n) is 3.85. The van der Waals surface area contributed by atoms with E-state index in [1.165, 1.54) is 20.3 Å². The predicted molar refractivity (Wildman–Crippen MR) is 141 cm³/mol. The summed E-state index contributed by atoms with van der Waals surface area (Å²) in [4.78, 5) is 4.37. The number of fused-ring (bicyclic) bond motifs is 1. The maximum atomic E-state index is 13.5. The number of aromatic nitrogens is 4. The first-order valence-corrected chi connectivity index (χ1v) is 12.9. The highest BCUT2D eigenvalue weighted by atomic mass is 32.2. The maximum Gasteiger partial charge on any atom is 0.266 e. The molecule has 0 radical (unpaired) electrons. The average Bonchev–Trinajstić information content (AvgIpc) is 3.57. The van der Waals surface area contributed by atoms with Gasteiger partial charge in [-0.25, -0.2) is 13.4 Å². The van der Waals surface area contributed by atoms with Crippen molar-refractivity contribution in [3.05, 3.63) is 89.4 Å². The molecule has 0 saturated carbocycles. The number of rotatable bonds is 7. The molecule has 0 fully saturated rings. The van der Waals surface area contributed by atoms with Gasteiger partial charge in [-0.15, -0.1) is 0 Å². The van der Waals surface area contributed by atoms with E-state index in [1.807, 2.05) is 31.2 Å². The predicted octanol–water partition coefficient (Wildman–Crippen LogP) is 3.99. The molecule has 0 amide bonds. The maximum absolute atomic E-state index is 13.5. The molecule has 0 bridgehead atoms. The van der Waals surface area contributed by atoms with Crippen LogP contribution in [0, 0.1) is 18.8 Å². The Bertz CT molecular complexity index is 1780. The lowest BCUT2D eigenvalue weighted by Crippen LogP contribution is -2.15. The molecule has 10 nitrogen and oxygen atoms in total. The lowest BCUT2D eigenvalue weighted by molar-refractivity contribution is 0.400. The number of pyridine rings is 1. The minimum absolute atomic E-state index is 0.0618. The zero-order chi connectivity index (χ0) is 26.7. The van der Waals surface area contributed by atoms with Crippen molar-refractivity contribution in [3.63, 3.8) is 0 Å². The summed E-state index contributed by atoms with van der Waals surface area (Å²) in [6, 6.07) is 15.9. The quantitative estimate of drug-likeness (QED) is 0.314. The normalized spacial score (nSPS) is 11.1. The van der Waals surface area contributed by atoms with Crippen LogP contribution in [-0.4, -0.2) is 42.6 Å². The number of benzene rings is 2. The Kier molecular flexibility index (Phi) is 6.72. The monoisotopic (exact) mass is 529 g/mol. The van der Waals surface area contributed by atoms with Crippen molar-refractivity contribution in [3.8, 4) is 23.5 Å². The minimum atomic E-state index is -4.17. The molecule has 11 heteroatoms. The molecule has 0 aliphatic carbocycles. The van der Waals surface area contributed by atoms with Crippen molar-refractivity contribution >= 4 is 26.8 Å². The van der Waals surface area contributed by atoms with Crippen LogP contribution in [0.2, 0.25) is 0 Å². The summed E-state index contributed by atoms with van der Waals surface area (Å²) >= 11 is 0. The van der Waals surface area contributed by atoms with E-state index in [9.17, 15) is 8.42 Å². The smallest absolute Gasteiger partial charge is 0.266 e. The molecule has 0 aliphatic heterocycles. The lowest BCUT2D eigenvalue weighted by atomic mass is 10.1. The third-order valence-corrected chi connectivity index (χ3v) is 6.97. The molecule has 3 aromatic heterocycles. The highest BCUT2D eigenvalue weighted by molar-refractivity contribution is 7.92. The van der Waals surface area contributed by atoms with Gasteiger partial charge in [-0.3, -0.25) is 9.40 Å². The molecule has 192 valence electrons. The van der Waals surface area contributed by atoms with Gasteiger partial charge in [0.1, 0.15) is 16.0 Å². The van der Waals surface area contributed by atoms with Crippen molar-refractivity contribution in [2.45, 2.75) is 18.4 Å². The van der Waals surface area contributed by atoms with Gasteiger partial charge in [0.25, 0.3) is 10.0 Å². The summed E-state index contributed by atoms with van der Waals surface area (Å²) in [5.41, 5.74) is 3.31. The van der Waals surface area contributed by atoms with Crippen LogP contribution in [0.5, 0.6) is 11.6 Å². The molecule has 3 heterocycles. The molecule has 1 N–H and O–H groups in total. The second-order valence-corrected chi connectivity index (χ2v) is 9.97. The SMILES string of the molecule is COc1ccc(C#Cc2cccc(C)c2)cc1S(=O)(=O)Nc1noc2cc(Cn3cccn3)nc(OC)c12. The molecule has 0 unspecified atom stereocenters. The Morgan fingerprint density at radius 2 is 1.84 bits per heavy atom. The first-order chi connectivity index (χ1) is 18.4. The van der Waals surface area contributed by atoms with Crippen LogP contribution in [0.1, 0.15) is 22.4 Å². The number of nitrogens with one attached hydrogen (secondary N) is 1. The number of anilines is 1. The largest absolute Gasteiger partial charge is 0.495 e. The molecule has 0 saturated heterocycles. The molecule has 38 heavy (non-hydrogen) atoms. The van der Waals surface area contributed by atoms with Gasteiger partial charge in [0, 0.05) is 29.6 Å². The summed E-state index contributed by atoms with van der Waals surface area (Å²) in [6.45, 7) is 2.35. The number of methoxy groups -OCH3 is 2. The van der Waals surface area contributed by atoms with E-state index in [0.717, 1.165) is 11.1 Å². The Morgan fingerprint density at radius 3 is 2.55 bits per heavy atom. The van der Waals surface area contributed by atoms with Gasteiger partial charge in [0.15, 0.2) is 11.4 Å².